The average Bonchev–Trinajstić information content (AvgIpc) is 0.860. The van der Waals surface area contributed by atoms with Crippen LogP contribution in [-0.4, -0.2) is 116 Å². The Bertz CT molecular complexity index is 3610. The number of carboxylic acid groups (broad SMARTS) is 5. The molecule has 1 aromatic carbocycles. The van der Waals surface area contributed by atoms with Crippen molar-refractivity contribution in [3.8, 4) is 0 Å². The Hall–Kier alpha value is -10.1. The van der Waals surface area contributed by atoms with Crippen molar-refractivity contribution < 1.29 is 114 Å². The molecule has 8 heterocycles. The van der Waals surface area contributed by atoms with Crippen molar-refractivity contribution in [3.05, 3.63) is 337 Å². The van der Waals surface area contributed by atoms with E-state index in [1.54, 1.807) is 37.7 Å². The third-order valence-corrected chi connectivity index (χ3v) is 12.6. The van der Waals surface area contributed by atoms with E-state index >= 15 is 0 Å². The molecule has 1 unspecified atom stereocenters. The fraction of sp³-hybridized carbons (Fsp3) is 0.247. The van der Waals surface area contributed by atoms with Crippen LogP contribution in [0.1, 0.15) is 78.9 Å². The van der Waals surface area contributed by atoms with Crippen LogP contribution in [0.15, 0.2) is 261 Å². The first-order valence-electron chi connectivity index (χ1n) is 30.6. The van der Waals surface area contributed by atoms with Crippen LogP contribution in [0.2, 0.25) is 0 Å². The van der Waals surface area contributed by atoms with E-state index in [1.165, 1.54) is 182 Å². The Balaban J connectivity index is -0.000000224. The van der Waals surface area contributed by atoms with Crippen LogP contribution in [0.5, 0.6) is 0 Å². The van der Waals surface area contributed by atoms with Crippen molar-refractivity contribution in [2.45, 2.75) is 80.7 Å². The summed E-state index contributed by atoms with van der Waals surface area (Å²) in [5.41, 5.74) is 27.4. The molecule has 0 spiro atoms. The van der Waals surface area contributed by atoms with Gasteiger partial charge < -0.3 is 117 Å². The fourth-order valence-corrected chi connectivity index (χ4v) is 7.96. The van der Waals surface area contributed by atoms with E-state index in [4.69, 9.17) is 58.3 Å². The number of isothiocyanates is 4. The number of quaternary nitrogens is 1. The number of unbranched alkanes of at least 4 members (excludes halogenated alkanes) is 2. The molecule has 0 bridgehead atoms. The first-order chi connectivity index (χ1) is 50.6. The predicted molar refractivity (Wildman–Crippen MR) is 433 cm³/mol. The van der Waals surface area contributed by atoms with Gasteiger partial charge in [0, 0.05) is 6.54 Å². The van der Waals surface area contributed by atoms with Gasteiger partial charge in [-0.15, -0.1) is 0 Å². The minimum absolute atomic E-state index is 0. The molecule has 0 amide bonds. The van der Waals surface area contributed by atoms with Crippen molar-refractivity contribution in [2.75, 3.05) is 34.4 Å². The van der Waals surface area contributed by atoms with E-state index in [0.717, 1.165) is 29.3 Å². The number of hydrogen-bond acceptors (Lipinski definition) is 17. The van der Waals surface area contributed by atoms with E-state index in [2.05, 4.69) is 163 Å². The maximum atomic E-state index is 10.8. The molecule has 8 aliphatic heterocycles. The second kappa shape index (κ2) is 72.1. The van der Waals surface area contributed by atoms with Gasteiger partial charge in [0.2, 0.25) is 0 Å². The predicted octanol–water partition coefficient (Wildman–Crippen LogP) is 14.7. The van der Waals surface area contributed by atoms with Crippen LogP contribution in [0, 0.1) is 5.92 Å². The molecule has 0 aliphatic carbocycles. The molecule has 15 N–H and O–H groups in total. The summed E-state index contributed by atoms with van der Waals surface area (Å²) >= 11 is 14.8. The van der Waals surface area contributed by atoms with Gasteiger partial charge in [0.25, 0.3) is 0 Å². The van der Waals surface area contributed by atoms with Gasteiger partial charge in [0.1, 0.15) is 13.2 Å². The van der Waals surface area contributed by atoms with E-state index in [-0.39, 0.29) is 94.9 Å². The molecule has 1 aromatic rings. The zero-order valence-corrected chi connectivity index (χ0v) is 65.4. The van der Waals surface area contributed by atoms with Gasteiger partial charge >= 0.3 is 62.8 Å². The number of nitrogens with zero attached hydrogens (tertiary/aromatic N) is 12. The normalized spacial score (nSPS) is 16.6. The maximum Gasteiger partial charge on any atom is 6.00 e. The Morgan fingerprint density at radius 2 is 0.697 bits per heavy atom. The molecule has 584 valence electrons. The zero-order chi connectivity index (χ0) is 79.9. The van der Waals surface area contributed by atoms with Gasteiger partial charge in [-0.2, -0.15) is 116 Å². The minimum Gasteiger partial charge on any atom is -0.753 e. The van der Waals surface area contributed by atoms with E-state index in [9.17, 15) is 29.1 Å². The number of thiocarbonyl (C=S) groups is 4. The number of aliphatic carboxylic acids is 5. The van der Waals surface area contributed by atoms with Crippen molar-refractivity contribution in [2.24, 2.45) is 23.1 Å². The van der Waals surface area contributed by atoms with Crippen LogP contribution in [0.3, 0.4) is 0 Å². The van der Waals surface area contributed by atoms with Crippen LogP contribution in [0.25, 0.3) is 64.2 Å². The summed E-state index contributed by atoms with van der Waals surface area (Å²) in [4.78, 5) is 62.2. The molecule has 0 saturated carbocycles. The Morgan fingerprint density at radius 3 is 0.945 bits per heavy atom. The van der Waals surface area contributed by atoms with Gasteiger partial charge in [-0.05, 0) is 60.7 Å². The Labute approximate surface area is 683 Å². The van der Waals surface area contributed by atoms with Gasteiger partial charge in [-0.25, -0.2) is 29.0 Å². The van der Waals surface area contributed by atoms with Crippen LogP contribution in [0.4, 0.5) is 0 Å². The third-order valence-electron chi connectivity index (χ3n) is 12.6. The molecule has 30 nitrogen and oxygen atoms in total. The van der Waals surface area contributed by atoms with Gasteiger partial charge in [-0.3, -0.25) is 10.5 Å². The molecule has 109 heavy (non-hydrogen) atoms. The monoisotopic (exact) mass is 1740 g/mol. The first-order valence-corrected chi connectivity index (χ1v) is 32.3. The molecule has 8 aliphatic rings. The number of benzene rings is 1. The minimum atomic E-state index is -1.27. The van der Waals surface area contributed by atoms with Gasteiger partial charge in [0.15, 0.2) is 0 Å². The number of carbonyl (C=O) groups excluding carboxylic acids is 1. The first kappa shape index (κ1) is 112. The smallest absolute Gasteiger partial charge is 0.753 e. The summed E-state index contributed by atoms with van der Waals surface area (Å²) in [5.74, 6) is -4.77. The summed E-state index contributed by atoms with van der Waals surface area (Å²) in [6.45, 7) is 7.54. The third kappa shape index (κ3) is 49.5. The number of hydrogen-bond donors (Lipinski definition) is 10. The van der Waals surface area contributed by atoms with Crippen molar-refractivity contribution in [1.29, 1.82) is 0 Å². The largest absolute Gasteiger partial charge is 6.00 e. The standard InChI is InChI=1S/C15H25N.C13H14N2O2.C12H10N2O4.2C12H8N2O4.4CNS.3CH5N.2CH4.2Ru/c1-3-4-5-6-13(2)11-14-7-9-15(12-16)10-8-14;1-2-10-3-5-14-12(7-10)13-8-11(9-17-16)4-6-15-13;15-12(16)9-2-4-14-11(6-9)10-5-8(7-18-17)1-3-13-10;2*15-11(16)7-1-3-13-9(5-7)10-6-8(12(17)18)2-4-14-10;4*2-1-3;3*1-2;;;;/h7-10,13H,3-6,11-12,16H2,1-2H3;3-8,16H,2,9H2,1H3;1-6,17H,7H2,(H,15,16);2*1-6H,(H,15,16)(H,17,18);;;;;3*2H2,1H3;2*1H4;;/q;4*-2;4*-1;;;;;;2*+6. The summed E-state index contributed by atoms with van der Waals surface area (Å²) in [6.07, 6.45) is 43.8. The van der Waals surface area contributed by atoms with Crippen LogP contribution in [-0.2, 0) is 85.7 Å². The molecule has 0 saturated heterocycles. The molecular formula is C73H88N16O14Ru2S4. The molecule has 36 heteroatoms. The van der Waals surface area contributed by atoms with Crippen LogP contribution >= 0.6 is 48.9 Å². The van der Waals surface area contributed by atoms with Gasteiger partial charge in [-0.1, -0.05) is 237 Å². The maximum absolute atomic E-state index is 10.8. The molecule has 1 atom stereocenters. The Kier molecular flexibility index (Phi) is 74.3. The summed E-state index contributed by atoms with van der Waals surface area (Å²) in [6, 6.07) is 8.74. The van der Waals surface area contributed by atoms with E-state index < -0.39 is 29.8 Å². The number of rotatable bonds is 17. The molecule has 0 radical (unpaired) electrons. The molecule has 0 fully saturated rings. The van der Waals surface area contributed by atoms with Crippen molar-refractivity contribution in [3.63, 3.8) is 0 Å². The van der Waals surface area contributed by atoms with Gasteiger partial charge in [0.05, 0.1) is 35.3 Å². The van der Waals surface area contributed by atoms with Crippen molar-refractivity contribution >= 4 is 99.4 Å². The molecule has 0 aromatic heterocycles. The second-order valence-corrected chi connectivity index (χ2v) is 20.1. The summed E-state index contributed by atoms with van der Waals surface area (Å²) < 4.78 is 0. The SMILES string of the molecule is C.C.CCC1=CC(=C2C=C(COO)C=C[N-]2)[N-]C=C1.CCCCCC(C)Cc1ccc(CN)cc1.CN.CN.C[NH3+].O=C(O)C1=CC(=C2C=C(C(=O)O)C=C[N-]2)[N-]C=C1.O=C(O)C1=CC(=C2C=C(C(=O)O)C=C[N-]2)[N-]C=C1.O=C([O-])C1=CC(=C2C=C(COO)C=C[N-]2)[N-]C=C1.[N-]=C=S.[N-]=C=S.[N-]=C=S.[N-]=C=S.[Ru+6].[Ru+6]. The van der Waals surface area contributed by atoms with Crippen molar-refractivity contribution in [1.82, 2.24) is 0 Å². The number of carboxylic acids is 5. The zero-order valence-electron chi connectivity index (χ0n) is 58.7. The molecular weight excluding hydrogens is 1660 g/mol. The fourth-order valence-electron chi connectivity index (χ4n) is 7.96. The van der Waals surface area contributed by atoms with Crippen LogP contribution < -0.4 is 28.0 Å². The topological polar surface area (TPSA) is 556 Å². The summed E-state index contributed by atoms with van der Waals surface area (Å²) in [7, 11) is 4.75. The van der Waals surface area contributed by atoms with E-state index in [0.29, 0.717) is 46.3 Å². The number of carbonyl (C=O) groups is 5. The Morgan fingerprint density at radius 1 is 0.459 bits per heavy atom. The quantitative estimate of drug-likeness (QED) is 0.0173. The second-order valence-electron chi connectivity index (χ2n) is 19.4. The van der Waals surface area contributed by atoms with E-state index in [1.807, 2.05) is 18.2 Å². The number of nitrogens with two attached hydrogens (primary N) is 3. The average molecular weight is 1740 g/mol. The molecule has 9 rings (SSSR count). The summed E-state index contributed by atoms with van der Waals surface area (Å²) in [5, 5.41) is 129. The number of allylic oxidation sites excluding steroid dienone is 10.